The first-order valence-electron chi connectivity index (χ1n) is 5.05. The second kappa shape index (κ2) is 4.44. The lowest BCUT2D eigenvalue weighted by Crippen LogP contribution is -2.21. The Morgan fingerprint density at radius 3 is 3.07 bits per heavy atom. The lowest BCUT2D eigenvalue weighted by Gasteiger charge is -2.20. The summed E-state index contributed by atoms with van der Waals surface area (Å²) in [4.78, 5) is 14.4. The molecular formula is C10H13NO4. The van der Waals surface area contributed by atoms with E-state index in [0.29, 0.717) is 12.3 Å². The van der Waals surface area contributed by atoms with Crippen LogP contribution >= 0.6 is 0 Å². The van der Waals surface area contributed by atoms with Crippen molar-refractivity contribution in [3.63, 3.8) is 0 Å². The highest BCUT2D eigenvalue weighted by molar-refractivity contribution is 5.84. The molecule has 1 aliphatic rings. The minimum Gasteiger partial charge on any atom is -0.476 e. The first-order chi connectivity index (χ1) is 7.25. The fraction of sp³-hybridized carbons (Fsp3) is 0.600. The standard InChI is InChI=1S/C10H13NO4/c12-10(13)8-6-15-9(11-8)5-7-3-1-2-4-14-7/h6-7H,1-5H2,(H,12,13). The molecule has 1 N–H and O–H groups in total. The third-order valence-electron chi connectivity index (χ3n) is 2.45. The Kier molecular flexibility index (Phi) is 3.01. The van der Waals surface area contributed by atoms with Crippen molar-refractivity contribution >= 4 is 5.97 Å². The van der Waals surface area contributed by atoms with Crippen LogP contribution in [0.15, 0.2) is 10.7 Å². The molecule has 0 spiro atoms. The number of aromatic carboxylic acids is 1. The third-order valence-corrected chi connectivity index (χ3v) is 2.45. The van der Waals surface area contributed by atoms with Crippen LogP contribution in [-0.2, 0) is 11.2 Å². The number of aromatic nitrogens is 1. The van der Waals surface area contributed by atoms with E-state index in [0.717, 1.165) is 25.9 Å². The van der Waals surface area contributed by atoms with Crippen LogP contribution in [0.1, 0.15) is 35.6 Å². The smallest absolute Gasteiger partial charge is 0.357 e. The lowest BCUT2D eigenvalue weighted by atomic mass is 10.1. The number of rotatable bonds is 3. The number of hydrogen-bond donors (Lipinski definition) is 1. The molecular weight excluding hydrogens is 198 g/mol. The van der Waals surface area contributed by atoms with Crippen LogP contribution in [0.2, 0.25) is 0 Å². The normalized spacial score (nSPS) is 21.5. The van der Waals surface area contributed by atoms with Crippen molar-refractivity contribution in [1.82, 2.24) is 4.98 Å². The van der Waals surface area contributed by atoms with Crippen molar-refractivity contribution in [2.24, 2.45) is 0 Å². The number of carboxylic acid groups (broad SMARTS) is 1. The first kappa shape index (κ1) is 10.2. The van der Waals surface area contributed by atoms with Crippen LogP contribution in [0, 0.1) is 0 Å². The third kappa shape index (κ3) is 2.56. The molecule has 0 aliphatic carbocycles. The van der Waals surface area contributed by atoms with E-state index in [9.17, 15) is 4.79 Å². The van der Waals surface area contributed by atoms with Crippen LogP contribution in [0.5, 0.6) is 0 Å². The average Bonchev–Trinajstić information content (AvgIpc) is 2.68. The summed E-state index contributed by atoms with van der Waals surface area (Å²) < 4.78 is 10.6. The van der Waals surface area contributed by atoms with E-state index in [2.05, 4.69) is 4.98 Å². The maximum absolute atomic E-state index is 10.6. The predicted octanol–water partition coefficient (Wildman–Crippen LogP) is 1.48. The highest BCUT2D eigenvalue weighted by atomic mass is 16.5. The number of oxazole rings is 1. The monoisotopic (exact) mass is 211 g/mol. The summed E-state index contributed by atoms with van der Waals surface area (Å²) in [6.45, 7) is 0.775. The molecule has 1 aliphatic heterocycles. The van der Waals surface area contributed by atoms with Crippen LogP contribution in [0.3, 0.4) is 0 Å². The minimum atomic E-state index is -1.06. The molecule has 2 rings (SSSR count). The van der Waals surface area contributed by atoms with Gasteiger partial charge in [0.15, 0.2) is 11.6 Å². The Bertz CT molecular complexity index is 341. The number of ether oxygens (including phenoxy) is 1. The topological polar surface area (TPSA) is 72.6 Å². The van der Waals surface area contributed by atoms with Crippen molar-refractivity contribution in [2.45, 2.75) is 31.8 Å². The van der Waals surface area contributed by atoms with Crippen LogP contribution in [0.25, 0.3) is 0 Å². The van der Waals surface area contributed by atoms with Crippen molar-refractivity contribution in [3.05, 3.63) is 17.8 Å². The van der Waals surface area contributed by atoms with Gasteiger partial charge < -0.3 is 14.3 Å². The Labute approximate surface area is 87.1 Å². The fourth-order valence-corrected chi connectivity index (χ4v) is 1.67. The van der Waals surface area contributed by atoms with Crippen LogP contribution in [-0.4, -0.2) is 28.8 Å². The quantitative estimate of drug-likeness (QED) is 0.819. The summed E-state index contributed by atoms with van der Waals surface area (Å²) in [7, 11) is 0. The molecule has 82 valence electrons. The van der Waals surface area contributed by atoms with E-state index in [1.54, 1.807) is 0 Å². The summed E-state index contributed by atoms with van der Waals surface area (Å²) in [5.41, 5.74) is -0.0409. The van der Waals surface area contributed by atoms with Crippen molar-refractivity contribution in [2.75, 3.05) is 6.61 Å². The van der Waals surface area contributed by atoms with Gasteiger partial charge in [-0.3, -0.25) is 0 Å². The summed E-state index contributed by atoms with van der Waals surface area (Å²) >= 11 is 0. The molecule has 1 fully saturated rings. The van der Waals surface area contributed by atoms with Gasteiger partial charge in [0.1, 0.15) is 6.26 Å². The summed E-state index contributed by atoms with van der Waals surface area (Å²) in [6, 6.07) is 0. The average molecular weight is 211 g/mol. The summed E-state index contributed by atoms with van der Waals surface area (Å²) in [6.07, 6.45) is 5.09. The van der Waals surface area contributed by atoms with Gasteiger partial charge >= 0.3 is 5.97 Å². The molecule has 0 aromatic carbocycles. The van der Waals surface area contributed by atoms with Gasteiger partial charge in [-0.25, -0.2) is 9.78 Å². The number of carbonyl (C=O) groups is 1. The van der Waals surface area contributed by atoms with Crippen molar-refractivity contribution < 1.29 is 19.1 Å². The molecule has 2 heterocycles. The predicted molar refractivity (Wildman–Crippen MR) is 50.8 cm³/mol. The summed E-state index contributed by atoms with van der Waals surface area (Å²) in [5, 5.41) is 8.65. The van der Waals surface area contributed by atoms with E-state index in [4.69, 9.17) is 14.3 Å². The van der Waals surface area contributed by atoms with Crippen LogP contribution in [0.4, 0.5) is 0 Å². The van der Waals surface area contributed by atoms with Gasteiger partial charge in [-0.15, -0.1) is 0 Å². The zero-order chi connectivity index (χ0) is 10.7. The Balaban J connectivity index is 1.94. The molecule has 1 aromatic heterocycles. The van der Waals surface area contributed by atoms with E-state index in [-0.39, 0.29) is 11.8 Å². The summed E-state index contributed by atoms with van der Waals surface area (Å²) in [5.74, 6) is -0.617. The molecule has 5 nitrogen and oxygen atoms in total. The molecule has 0 bridgehead atoms. The fourth-order valence-electron chi connectivity index (χ4n) is 1.67. The minimum absolute atomic E-state index is 0.0409. The van der Waals surface area contributed by atoms with Gasteiger partial charge in [0, 0.05) is 6.61 Å². The molecule has 5 heteroatoms. The van der Waals surface area contributed by atoms with Crippen molar-refractivity contribution in [1.29, 1.82) is 0 Å². The molecule has 0 amide bonds. The van der Waals surface area contributed by atoms with E-state index in [1.165, 1.54) is 6.26 Å². The van der Waals surface area contributed by atoms with Gasteiger partial charge in [-0.2, -0.15) is 0 Å². The van der Waals surface area contributed by atoms with Crippen molar-refractivity contribution in [3.8, 4) is 0 Å². The second-order valence-electron chi connectivity index (χ2n) is 3.62. The number of carboxylic acids is 1. The highest BCUT2D eigenvalue weighted by Gasteiger charge is 2.18. The zero-order valence-corrected chi connectivity index (χ0v) is 8.31. The largest absolute Gasteiger partial charge is 0.476 e. The first-order valence-corrected chi connectivity index (χ1v) is 5.05. The Hall–Kier alpha value is -1.36. The molecule has 15 heavy (non-hydrogen) atoms. The number of nitrogens with zero attached hydrogens (tertiary/aromatic N) is 1. The van der Waals surface area contributed by atoms with Gasteiger partial charge in [-0.05, 0) is 19.3 Å². The second-order valence-corrected chi connectivity index (χ2v) is 3.62. The van der Waals surface area contributed by atoms with Crippen LogP contribution < -0.4 is 0 Å². The van der Waals surface area contributed by atoms with Gasteiger partial charge in [-0.1, -0.05) is 0 Å². The van der Waals surface area contributed by atoms with Gasteiger partial charge in [0.2, 0.25) is 0 Å². The van der Waals surface area contributed by atoms with E-state index in [1.807, 2.05) is 0 Å². The molecule has 1 saturated heterocycles. The molecule has 1 atom stereocenters. The maximum atomic E-state index is 10.6. The molecule has 1 aromatic rings. The van der Waals surface area contributed by atoms with Gasteiger partial charge in [0.25, 0.3) is 0 Å². The van der Waals surface area contributed by atoms with E-state index >= 15 is 0 Å². The molecule has 1 unspecified atom stereocenters. The molecule has 0 saturated carbocycles. The zero-order valence-electron chi connectivity index (χ0n) is 8.31. The number of hydrogen-bond acceptors (Lipinski definition) is 4. The Morgan fingerprint density at radius 1 is 1.60 bits per heavy atom. The highest BCUT2D eigenvalue weighted by Crippen LogP contribution is 2.16. The maximum Gasteiger partial charge on any atom is 0.357 e. The Morgan fingerprint density at radius 2 is 2.47 bits per heavy atom. The van der Waals surface area contributed by atoms with Gasteiger partial charge in [0.05, 0.1) is 12.5 Å². The van der Waals surface area contributed by atoms with E-state index < -0.39 is 5.97 Å². The lowest BCUT2D eigenvalue weighted by molar-refractivity contribution is 0.0132. The molecule has 0 radical (unpaired) electrons. The SMILES string of the molecule is O=C(O)c1coc(CC2CCCCO2)n1.